The van der Waals surface area contributed by atoms with E-state index in [1.54, 1.807) is 0 Å². The summed E-state index contributed by atoms with van der Waals surface area (Å²) in [5.41, 5.74) is 1.80. The number of carbonyl (C=O) groups is 2. The topological polar surface area (TPSA) is 66.4 Å². The molecular formula is C15H18I3NNaO3. The van der Waals surface area contributed by atoms with E-state index >= 15 is 0 Å². The molecule has 0 fully saturated rings. The molecular weight excluding hydrogens is 646 g/mol. The fourth-order valence-electron chi connectivity index (χ4n) is 2.01. The Labute approximate surface area is 200 Å². The summed E-state index contributed by atoms with van der Waals surface area (Å²) in [7, 11) is 0. The second kappa shape index (κ2) is 11.9. The maximum atomic E-state index is 11.9. The molecule has 0 heterocycles. The molecule has 0 spiro atoms. The van der Waals surface area contributed by atoms with Crippen LogP contribution in [0.2, 0.25) is 0 Å². The number of hydrogen-bond acceptors (Lipinski definition) is 2. The molecule has 123 valence electrons. The first kappa shape index (κ1) is 24.4. The minimum atomic E-state index is -0.774. The van der Waals surface area contributed by atoms with Crippen LogP contribution in [0.5, 0.6) is 0 Å². The van der Waals surface area contributed by atoms with Crippen LogP contribution in [0.1, 0.15) is 38.7 Å². The first-order chi connectivity index (χ1) is 10.3. The normalized spacial score (nSPS) is 11.5. The number of benzene rings is 1. The maximum Gasteiger partial charge on any atom is 0.306 e. The smallest absolute Gasteiger partial charge is 0.306 e. The van der Waals surface area contributed by atoms with Gasteiger partial charge in [-0.25, -0.2) is 0 Å². The Morgan fingerprint density at radius 2 is 1.83 bits per heavy atom. The molecule has 0 aliphatic carbocycles. The van der Waals surface area contributed by atoms with E-state index in [-0.39, 0.29) is 35.5 Å². The molecule has 4 nitrogen and oxygen atoms in total. The van der Waals surface area contributed by atoms with E-state index in [9.17, 15) is 14.7 Å². The van der Waals surface area contributed by atoms with Gasteiger partial charge in [0.05, 0.1) is 11.6 Å². The van der Waals surface area contributed by atoms with Gasteiger partial charge in [0.1, 0.15) is 0 Å². The number of anilines is 1. The zero-order valence-corrected chi connectivity index (χ0v) is 21.9. The molecule has 0 saturated heterocycles. The largest absolute Gasteiger partial charge is 0.481 e. The van der Waals surface area contributed by atoms with Crippen molar-refractivity contribution in [2.45, 2.75) is 39.5 Å². The Hall–Kier alpha value is 1.35. The Morgan fingerprint density at radius 1 is 1.22 bits per heavy atom. The van der Waals surface area contributed by atoms with Gasteiger partial charge in [-0.2, -0.15) is 0 Å². The molecule has 1 unspecified atom stereocenters. The summed E-state index contributed by atoms with van der Waals surface area (Å²) in [4.78, 5) is 23.2. The quantitative estimate of drug-likeness (QED) is 0.334. The molecule has 0 saturated carbocycles. The zero-order valence-electron chi connectivity index (χ0n) is 13.4. The fourth-order valence-corrected chi connectivity index (χ4v) is 6.10. The first-order valence-corrected chi connectivity index (χ1v) is 10.2. The number of halogens is 3. The monoisotopic (exact) mass is 664 g/mol. The molecule has 1 amide bonds. The van der Waals surface area contributed by atoms with Crippen molar-refractivity contribution in [2.24, 2.45) is 5.92 Å². The zero-order chi connectivity index (χ0) is 16.9. The third-order valence-electron chi connectivity index (χ3n) is 3.30. The van der Waals surface area contributed by atoms with Crippen LogP contribution in [0.25, 0.3) is 0 Å². The van der Waals surface area contributed by atoms with Crippen molar-refractivity contribution >= 4 is 115 Å². The van der Waals surface area contributed by atoms with E-state index in [4.69, 9.17) is 0 Å². The molecule has 1 rings (SSSR count). The molecule has 0 bridgehead atoms. The second-order valence-electron chi connectivity index (χ2n) is 4.95. The Morgan fingerprint density at radius 3 is 2.30 bits per heavy atom. The molecule has 1 radical (unpaired) electrons. The summed E-state index contributed by atoms with van der Waals surface area (Å²) in [5, 5.41) is 12.2. The average Bonchev–Trinajstić information content (AvgIpc) is 2.43. The Balaban J connectivity index is 0.00000484. The van der Waals surface area contributed by atoms with Crippen LogP contribution in [0.4, 0.5) is 5.69 Å². The predicted molar refractivity (Wildman–Crippen MR) is 119 cm³/mol. The summed E-state index contributed by atoms with van der Waals surface area (Å²) in [6.45, 7) is 3.85. The number of carboxylic acid groups (broad SMARTS) is 1. The van der Waals surface area contributed by atoms with Crippen LogP contribution in [0.15, 0.2) is 6.07 Å². The fraction of sp³-hybridized carbons (Fsp3) is 0.467. The van der Waals surface area contributed by atoms with E-state index in [0.29, 0.717) is 19.3 Å². The van der Waals surface area contributed by atoms with Gasteiger partial charge < -0.3 is 10.4 Å². The molecule has 1 aromatic carbocycles. The van der Waals surface area contributed by atoms with Crippen LogP contribution < -0.4 is 5.32 Å². The Kier molecular flexibility index (Phi) is 12.6. The third kappa shape index (κ3) is 7.24. The molecule has 23 heavy (non-hydrogen) atoms. The Bertz CT molecular complexity index is 582. The third-order valence-corrected chi connectivity index (χ3v) is 6.30. The van der Waals surface area contributed by atoms with Gasteiger partial charge in [-0.1, -0.05) is 13.8 Å². The van der Waals surface area contributed by atoms with Crippen LogP contribution in [0, 0.1) is 16.6 Å². The van der Waals surface area contributed by atoms with Gasteiger partial charge in [0, 0.05) is 46.7 Å². The second-order valence-corrected chi connectivity index (χ2v) is 8.36. The van der Waals surface area contributed by atoms with Gasteiger partial charge in [-0.05, 0) is 98.7 Å². The van der Waals surface area contributed by atoms with Crippen molar-refractivity contribution in [3.8, 4) is 0 Å². The molecule has 0 aliphatic heterocycles. The summed E-state index contributed by atoms with van der Waals surface area (Å²) < 4.78 is 2.96. The summed E-state index contributed by atoms with van der Waals surface area (Å²) in [5.74, 6) is -1.18. The summed E-state index contributed by atoms with van der Waals surface area (Å²) in [6.07, 6.45) is 2.36. The number of nitrogens with one attached hydrogen (secondary N) is 1. The minimum absolute atomic E-state index is 0. The molecule has 1 aromatic rings. The number of hydrogen-bond donors (Lipinski definition) is 2. The number of amides is 1. The van der Waals surface area contributed by atoms with Crippen molar-refractivity contribution in [2.75, 3.05) is 5.32 Å². The number of carbonyl (C=O) groups excluding carboxylic acids is 1. The number of aliphatic carboxylic acids is 1. The van der Waals surface area contributed by atoms with Crippen molar-refractivity contribution < 1.29 is 14.7 Å². The van der Waals surface area contributed by atoms with E-state index in [1.807, 2.05) is 19.9 Å². The van der Waals surface area contributed by atoms with Gasteiger partial charge in [0.25, 0.3) is 0 Å². The van der Waals surface area contributed by atoms with Gasteiger partial charge in [-0.3, -0.25) is 9.59 Å². The standard InChI is InChI=1S/C15H18I3NO3.Na/c1-3-5-12(20)19-14-11(17)7-10(16)9(13(14)18)6-8(4-2)15(21)22;/h7-8H,3-6H2,1-2H3,(H,19,20)(H,21,22);. The average molecular weight is 664 g/mol. The molecule has 0 aliphatic rings. The number of rotatable bonds is 7. The van der Waals surface area contributed by atoms with Crippen molar-refractivity contribution in [3.05, 3.63) is 22.3 Å². The van der Waals surface area contributed by atoms with Crippen LogP contribution >= 0.6 is 67.8 Å². The van der Waals surface area contributed by atoms with E-state index in [0.717, 1.165) is 28.4 Å². The van der Waals surface area contributed by atoms with Crippen molar-refractivity contribution in [1.29, 1.82) is 0 Å². The minimum Gasteiger partial charge on any atom is -0.481 e. The van der Waals surface area contributed by atoms with Gasteiger partial charge >= 0.3 is 5.97 Å². The number of carboxylic acids is 1. The SMILES string of the molecule is CCCC(=O)Nc1c(I)cc(I)c(CC(CC)C(=O)O)c1I.[Na]. The van der Waals surface area contributed by atoms with E-state index in [1.165, 1.54) is 0 Å². The van der Waals surface area contributed by atoms with Gasteiger partial charge in [0.2, 0.25) is 5.91 Å². The molecule has 2 N–H and O–H groups in total. The van der Waals surface area contributed by atoms with Crippen LogP contribution in [0.3, 0.4) is 0 Å². The first-order valence-electron chi connectivity index (χ1n) is 7.00. The van der Waals surface area contributed by atoms with Crippen molar-refractivity contribution in [1.82, 2.24) is 0 Å². The van der Waals surface area contributed by atoms with Gasteiger partial charge in [0.15, 0.2) is 0 Å². The molecule has 0 aromatic heterocycles. The summed E-state index contributed by atoms with van der Waals surface area (Å²) in [6, 6.07) is 1.99. The van der Waals surface area contributed by atoms with E-state index < -0.39 is 11.9 Å². The molecule has 8 heteroatoms. The summed E-state index contributed by atoms with van der Waals surface area (Å²) >= 11 is 6.65. The van der Waals surface area contributed by atoms with Crippen molar-refractivity contribution in [3.63, 3.8) is 0 Å². The van der Waals surface area contributed by atoms with E-state index in [2.05, 4.69) is 73.1 Å². The predicted octanol–water partition coefficient (Wildman–Crippen LogP) is 4.51. The van der Waals surface area contributed by atoms with Crippen LogP contribution in [-0.2, 0) is 16.0 Å². The van der Waals surface area contributed by atoms with Crippen LogP contribution in [-0.4, -0.2) is 46.5 Å². The maximum absolute atomic E-state index is 11.9. The molecule has 1 atom stereocenters. The van der Waals surface area contributed by atoms with Gasteiger partial charge in [-0.15, -0.1) is 0 Å².